The van der Waals surface area contributed by atoms with E-state index in [4.69, 9.17) is 26.4 Å². The lowest BCUT2D eigenvalue weighted by molar-refractivity contribution is -0.129. The van der Waals surface area contributed by atoms with Crippen LogP contribution in [0, 0.1) is 5.41 Å². The molecule has 11 heteroatoms. The van der Waals surface area contributed by atoms with Gasteiger partial charge in [0.15, 0.2) is 5.65 Å². The summed E-state index contributed by atoms with van der Waals surface area (Å²) < 4.78 is 7.71. The molecular formula is C21H24BrClN6O3. The molecule has 3 N–H and O–H groups in total. The summed E-state index contributed by atoms with van der Waals surface area (Å²) in [6.45, 7) is 2.06. The van der Waals surface area contributed by atoms with E-state index in [9.17, 15) is 4.79 Å². The van der Waals surface area contributed by atoms with E-state index in [0.29, 0.717) is 39.1 Å². The molecule has 0 unspecified atom stereocenters. The van der Waals surface area contributed by atoms with Crippen LogP contribution in [0.3, 0.4) is 0 Å². The fourth-order valence-electron chi connectivity index (χ4n) is 4.07. The first-order valence-corrected chi connectivity index (χ1v) is 11.5. The predicted octanol–water partition coefficient (Wildman–Crippen LogP) is 3.32. The topological polar surface area (TPSA) is 114 Å². The van der Waals surface area contributed by atoms with Crippen molar-refractivity contribution < 1.29 is 14.6 Å². The number of ether oxygens (including phenoxy) is 1. The number of nitrogens with zero attached hydrogens (tertiary/aromatic N) is 4. The van der Waals surface area contributed by atoms with Crippen molar-refractivity contribution in [2.75, 3.05) is 25.6 Å². The number of nitrogens with one attached hydrogen (secondary N) is 2. The first-order valence-electron chi connectivity index (χ1n) is 10.3. The maximum atomic E-state index is 12.2. The summed E-state index contributed by atoms with van der Waals surface area (Å²) in [4.78, 5) is 21.3. The van der Waals surface area contributed by atoms with E-state index >= 15 is 0 Å². The van der Waals surface area contributed by atoms with Gasteiger partial charge >= 0.3 is 0 Å². The highest BCUT2D eigenvalue weighted by molar-refractivity contribution is 9.10. The van der Waals surface area contributed by atoms with E-state index in [2.05, 4.69) is 36.6 Å². The van der Waals surface area contributed by atoms with Crippen molar-refractivity contribution in [2.24, 2.45) is 5.41 Å². The quantitative estimate of drug-likeness (QED) is 0.435. The number of fused-ring (bicyclic) bond motifs is 1. The monoisotopic (exact) mass is 522 g/mol. The summed E-state index contributed by atoms with van der Waals surface area (Å²) >= 11 is 9.82. The first kappa shape index (κ1) is 22.8. The van der Waals surface area contributed by atoms with Gasteiger partial charge in [0.05, 0.1) is 22.7 Å². The molecule has 2 aromatic heterocycles. The molecule has 1 aliphatic rings. The maximum Gasteiger partial charge on any atom is 0.225 e. The normalized spacial score (nSPS) is 20.5. The van der Waals surface area contributed by atoms with Crippen LogP contribution in [0.5, 0.6) is 5.75 Å². The molecule has 4 rings (SSSR count). The number of aromatic nitrogens is 4. The Morgan fingerprint density at radius 1 is 1.47 bits per heavy atom. The van der Waals surface area contributed by atoms with E-state index < -0.39 is 5.41 Å². The van der Waals surface area contributed by atoms with Crippen molar-refractivity contribution >= 4 is 50.4 Å². The highest BCUT2D eigenvalue weighted by Gasteiger charge is 2.40. The number of carbonyl (C=O) groups excluding carboxylic acids is 1. The van der Waals surface area contributed by atoms with Gasteiger partial charge < -0.3 is 20.5 Å². The van der Waals surface area contributed by atoms with Crippen LogP contribution in [-0.2, 0) is 4.79 Å². The summed E-state index contributed by atoms with van der Waals surface area (Å²) in [6.07, 6.45) is 4.09. The lowest BCUT2D eigenvalue weighted by atomic mass is 9.87. The minimum absolute atomic E-state index is 0.0588. The number of carbonyl (C=O) groups is 1. The lowest BCUT2D eigenvalue weighted by Gasteiger charge is -2.22. The molecule has 1 saturated carbocycles. The van der Waals surface area contributed by atoms with Crippen molar-refractivity contribution in [3.63, 3.8) is 0 Å². The molecule has 170 valence electrons. The number of rotatable bonds is 7. The second-order valence-corrected chi connectivity index (χ2v) is 9.20. The number of aliphatic hydroxyl groups is 1. The van der Waals surface area contributed by atoms with E-state index in [1.165, 1.54) is 0 Å². The number of hydrogen-bond acceptors (Lipinski definition) is 7. The molecule has 0 bridgehead atoms. The molecule has 3 aromatic rings. The predicted molar refractivity (Wildman–Crippen MR) is 125 cm³/mol. The number of benzene rings is 1. The largest absolute Gasteiger partial charge is 0.490 e. The number of halogens is 2. The third kappa shape index (κ3) is 4.39. The molecule has 0 aliphatic heterocycles. The maximum absolute atomic E-state index is 12.2. The molecule has 0 spiro atoms. The van der Waals surface area contributed by atoms with Crippen molar-refractivity contribution in [3.8, 4) is 11.4 Å². The Balaban J connectivity index is 1.60. The van der Waals surface area contributed by atoms with Crippen LogP contribution < -0.4 is 15.4 Å². The van der Waals surface area contributed by atoms with Gasteiger partial charge in [0.2, 0.25) is 11.9 Å². The van der Waals surface area contributed by atoms with Gasteiger partial charge in [0.1, 0.15) is 17.0 Å². The van der Waals surface area contributed by atoms with Crippen LogP contribution in [-0.4, -0.2) is 57.1 Å². The summed E-state index contributed by atoms with van der Waals surface area (Å²) in [5.74, 6) is 1.02. The third-order valence-electron chi connectivity index (χ3n) is 5.74. The summed E-state index contributed by atoms with van der Waals surface area (Å²) in [5, 5.41) is 20.8. The Labute approximate surface area is 198 Å². The Hall–Kier alpha value is -2.43. The number of anilines is 1. The fourth-order valence-corrected chi connectivity index (χ4v) is 4.73. The van der Waals surface area contributed by atoms with E-state index in [1.807, 2.05) is 13.0 Å². The van der Waals surface area contributed by atoms with Gasteiger partial charge in [-0.25, -0.2) is 9.67 Å². The van der Waals surface area contributed by atoms with Gasteiger partial charge in [-0.15, -0.1) is 0 Å². The second kappa shape index (κ2) is 9.21. The molecule has 2 atom stereocenters. The molecule has 1 amide bonds. The molecule has 1 aromatic carbocycles. The zero-order chi connectivity index (χ0) is 22.9. The zero-order valence-electron chi connectivity index (χ0n) is 17.7. The van der Waals surface area contributed by atoms with Crippen molar-refractivity contribution in [1.82, 2.24) is 25.1 Å². The van der Waals surface area contributed by atoms with Crippen LogP contribution in [0.2, 0.25) is 5.02 Å². The lowest BCUT2D eigenvalue weighted by Crippen LogP contribution is -2.35. The summed E-state index contributed by atoms with van der Waals surface area (Å²) in [7, 11) is 1.67. The van der Waals surface area contributed by atoms with Crippen LogP contribution >= 0.6 is 27.5 Å². The Morgan fingerprint density at radius 3 is 3.00 bits per heavy atom. The molecular weight excluding hydrogens is 500 g/mol. The standard InChI is InChI=1S/C21H24BrClN6O3/c1-21(19(31)24-2)6-5-12(10-21)26-20-25-11-14-17(22)28-29(18(14)27-20)13-3-4-16(15(23)9-13)32-8-7-30/h3-4,9,11-12,30H,5-8,10H2,1-2H3,(H,24,31)(H,25,26,27)/t12-,21-/m1/s1. The molecule has 0 saturated heterocycles. The van der Waals surface area contributed by atoms with Gasteiger partial charge in [0, 0.05) is 24.7 Å². The molecule has 0 radical (unpaired) electrons. The average Bonchev–Trinajstić information content (AvgIpc) is 3.32. The van der Waals surface area contributed by atoms with Gasteiger partial charge in [-0.05, 0) is 53.4 Å². The minimum Gasteiger partial charge on any atom is -0.490 e. The van der Waals surface area contributed by atoms with Gasteiger partial charge in [0.25, 0.3) is 0 Å². The summed E-state index contributed by atoms with van der Waals surface area (Å²) in [6, 6.07) is 5.38. The van der Waals surface area contributed by atoms with Crippen LogP contribution in [0.15, 0.2) is 29.0 Å². The first-order chi connectivity index (χ1) is 15.3. The third-order valence-corrected chi connectivity index (χ3v) is 6.62. The van der Waals surface area contributed by atoms with Gasteiger partial charge in [-0.3, -0.25) is 4.79 Å². The van der Waals surface area contributed by atoms with Crippen LogP contribution in [0.4, 0.5) is 5.95 Å². The average molecular weight is 524 g/mol. The number of amides is 1. The Morgan fingerprint density at radius 2 is 2.28 bits per heavy atom. The number of aliphatic hydroxyl groups excluding tert-OH is 1. The van der Waals surface area contributed by atoms with Gasteiger partial charge in [-0.1, -0.05) is 18.5 Å². The smallest absolute Gasteiger partial charge is 0.225 e. The molecule has 2 heterocycles. The Bertz CT molecular complexity index is 1160. The highest BCUT2D eigenvalue weighted by atomic mass is 79.9. The summed E-state index contributed by atoms with van der Waals surface area (Å²) in [5.41, 5.74) is 0.930. The minimum atomic E-state index is -0.391. The van der Waals surface area contributed by atoms with E-state index in [0.717, 1.165) is 18.2 Å². The molecule has 32 heavy (non-hydrogen) atoms. The number of hydrogen-bond donors (Lipinski definition) is 3. The van der Waals surface area contributed by atoms with Crippen molar-refractivity contribution in [2.45, 2.75) is 32.2 Å². The zero-order valence-corrected chi connectivity index (χ0v) is 20.1. The molecule has 1 aliphatic carbocycles. The van der Waals surface area contributed by atoms with Crippen molar-refractivity contribution in [3.05, 3.63) is 34.0 Å². The molecule has 1 fully saturated rings. The molecule has 9 nitrogen and oxygen atoms in total. The SMILES string of the molecule is CNC(=O)[C@]1(C)CC[C@@H](Nc2ncc3c(Br)nn(-c4ccc(OCCO)c(Cl)c4)c3n2)C1. The van der Waals surface area contributed by atoms with Gasteiger partial charge in [-0.2, -0.15) is 10.1 Å². The van der Waals surface area contributed by atoms with Crippen molar-refractivity contribution in [1.29, 1.82) is 0 Å². The van der Waals surface area contributed by atoms with Crippen LogP contribution in [0.25, 0.3) is 16.7 Å². The van der Waals surface area contributed by atoms with E-state index in [-0.39, 0.29) is 25.2 Å². The highest BCUT2D eigenvalue weighted by Crippen LogP contribution is 2.39. The van der Waals surface area contributed by atoms with E-state index in [1.54, 1.807) is 30.1 Å². The Kier molecular flexibility index (Phi) is 6.55. The van der Waals surface area contributed by atoms with Crippen LogP contribution in [0.1, 0.15) is 26.2 Å². The second-order valence-electron chi connectivity index (χ2n) is 8.04. The fraction of sp³-hybridized carbons (Fsp3) is 0.429.